The van der Waals surface area contributed by atoms with Gasteiger partial charge in [0.2, 0.25) is 5.95 Å². The fraction of sp³-hybridized carbons (Fsp3) is 0.368. The second-order valence-corrected chi connectivity index (χ2v) is 7.61. The molecule has 2 atom stereocenters. The molecule has 0 spiro atoms. The van der Waals surface area contributed by atoms with Crippen LogP contribution in [0.1, 0.15) is 13.8 Å². The van der Waals surface area contributed by atoms with Crippen molar-refractivity contribution in [2.45, 2.75) is 32.1 Å². The number of nitrogens with two attached hydrogens (primary N) is 1. The van der Waals surface area contributed by atoms with Gasteiger partial charge in [0, 0.05) is 43.3 Å². The van der Waals surface area contributed by atoms with Gasteiger partial charge in [0.05, 0.1) is 11.7 Å². The molecule has 0 unspecified atom stereocenters. The predicted octanol–water partition coefficient (Wildman–Crippen LogP) is 1.86. The molecule has 3 N–H and O–H groups in total. The summed E-state index contributed by atoms with van der Waals surface area (Å²) in [7, 11) is 0. The maximum absolute atomic E-state index is 14.4. The zero-order valence-corrected chi connectivity index (χ0v) is 16.2. The molecule has 1 aliphatic heterocycles. The Morgan fingerprint density at radius 2 is 2.00 bits per heavy atom. The summed E-state index contributed by atoms with van der Waals surface area (Å²) < 4.78 is 17.8. The Bertz CT molecular complexity index is 1180. The smallest absolute Gasteiger partial charge is 0.243 e. The van der Waals surface area contributed by atoms with Crippen molar-refractivity contribution in [2.24, 2.45) is 0 Å². The molecule has 0 amide bonds. The highest BCUT2D eigenvalue weighted by Crippen LogP contribution is 2.28. The Morgan fingerprint density at radius 1 is 1.14 bits per heavy atom. The molecule has 1 aliphatic rings. The number of nitrogen functional groups attached to an aromatic ring is 1. The minimum absolute atomic E-state index is 0.292. The number of hydrogen-bond acceptors (Lipinski definition) is 7. The Kier molecular flexibility index (Phi) is 4.09. The van der Waals surface area contributed by atoms with Gasteiger partial charge in [-0.05, 0) is 32.0 Å². The first-order valence-electron chi connectivity index (χ1n) is 9.60. The molecular formula is C19H22FN9. The largest absolute Gasteiger partial charge is 0.382 e. The van der Waals surface area contributed by atoms with Gasteiger partial charge in [-0.2, -0.15) is 10.1 Å². The summed E-state index contributed by atoms with van der Waals surface area (Å²) in [5.41, 5.74) is 9.24. The molecule has 0 aromatic carbocycles. The Morgan fingerprint density at radius 3 is 2.79 bits per heavy atom. The van der Waals surface area contributed by atoms with E-state index >= 15 is 0 Å². The van der Waals surface area contributed by atoms with Crippen LogP contribution < -0.4 is 11.1 Å². The average Bonchev–Trinajstić information content (AvgIpc) is 3.40. The van der Waals surface area contributed by atoms with Crippen LogP contribution in [0.2, 0.25) is 0 Å². The summed E-state index contributed by atoms with van der Waals surface area (Å²) >= 11 is 0. The van der Waals surface area contributed by atoms with Gasteiger partial charge in [0.1, 0.15) is 11.7 Å². The zero-order chi connectivity index (χ0) is 20.1. The topological polar surface area (TPSA) is 102 Å². The highest BCUT2D eigenvalue weighted by molar-refractivity contribution is 5.86. The average molecular weight is 395 g/mol. The van der Waals surface area contributed by atoms with Crippen molar-refractivity contribution in [3.8, 4) is 11.3 Å². The van der Waals surface area contributed by atoms with Crippen molar-refractivity contribution in [1.29, 1.82) is 0 Å². The van der Waals surface area contributed by atoms with E-state index in [1.54, 1.807) is 27.6 Å². The number of imidazole rings is 1. The predicted molar refractivity (Wildman–Crippen MR) is 108 cm³/mol. The van der Waals surface area contributed by atoms with Crippen molar-refractivity contribution < 1.29 is 4.39 Å². The number of rotatable bonds is 4. The molecule has 4 aromatic heterocycles. The Hall–Kier alpha value is -3.27. The van der Waals surface area contributed by atoms with Crippen LogP contribution in [0.3, 0.4) is 0 Å². The van der Waals surface area contributed by atoms with E-state index in [4.69, 9.17) is 5.73 Å². The lowest BCUT2D eigenvalue weighted by atomic mass is 10.2. The van der Waals surface area contributed by atoms with Gasteiger partial charge in [-0.1, -0.05) is 0 Å². The minimum atomic E-state index is -0.982. The van der Waals surface area contributed by atoms with E-state index in [1.165, 1.54) is 0 Å². The molecule has 1 saturated heterocycles. The molecule has 0 saturated carbocycles. The van der Waals surface area contributed by atoms with Crippen LogP contribution in [-0.2, 0) is 0 Å². The second kappa shape index (κ2) is 6.66. The number of halogens is 1. The molecule has 29 heavy (non-hydrogen) atoms. The summed E-state index contributed by atoms with van der Waals surface area (Å²) in [4.78, 5) is 10.7. The van der Waals surface area contributed by atoms with Gasteiger partial charge in [-0.15, -0.1) is 5.10 Å². The maximum atomic E-state index is 14.4. The van der Waals surface area contributed by atoms with E-state index in [-0.39, 0.29) is 6.04 Å². The van der Waals surface area contributed by atoms with Gasteiger partial charge < -0.3 is 11.1 Å². The third-order valence-corrected chi connectivity index (χ3v) is 5.39. The van der Waals surface area contributed by atoms with Crippen molar-refractivity contribution in [3.05, 3.63) is 36.8 Å². The summed E-state index contributed by atoms with van der Waals surface area (Å²) in [5.74, 6) is 0.623. The minimum Gasteiger partial charge on any atom is -0.382 e. The van der Waals surface area contributed by atoms with Crippen LogP contribution in [0.5, 0.6) is 0 Å². The second-order valence-electron chi connectivity index (χ2n) is 7.61. The van der Waals surface area contributed by atoms with Crippen LogP contribution in [0, 0.1) is 0 Å². The summed E-state index contributed by atoms with van der Waals surface area (Å²) in [6.07, 6.45) is 4.30. The number of aromatic nitrogens is 6. The van der Waals surface area contributed by atoms with Crippen LogP contribution in [-0.4, -0.2) is 65.4 Å². The first-order valence-corrected chi connectivity index (χ1v) is 9.60. The molecule has 10 heteroatoms. The molecule has 1 fully saturated rings. The molecule has 0 radical (unpaired) electrons. The summed E-state index contributed by atoms with van der Waals surface area (Å²) in [6.45, 7) is 5.13. The SMILES string of the molecule is CC(C)N1C[C@H](F)[C@H](Nc2nc(N)c3c(-c4ccc5nccn5n4)ccn3n2)C1. The third kappa shape index (κ3) is 3.05. The zero-order valence-electron chi connectivity index (χ0n) is 16.2. The monoisotopic (exact) mass is 395 g/mol. The number of alkyl halides is 1. The van der Waals surface area contributed by atoms with Crippen molar-refractivity contribution >= 4 is 22.9 Å². The van der Waals surface area contributed by atoms with Crippen LogP contribution in [0.4, 0.5) is 16.2 Å². The summed E-state index contributed by atoms with van der Waals surface area (Å²) in [6, 6.07) is 5.59. The van der Waals surface area contributed by atoms with Gasteiger partial charge in [0.25, 0.3) is 0 Å². The quantitative estimate of drug-likeness (QED) is 0.544. The molecule has 9 nitrogen and oxygen atoms in total. The van der Waals surface area contributed by atoms with E-state index in [9.17, 15) is 4.39 Å². The lowest BCUT2D eigenvalue weighted by molar-refractivity contribution is 0.246. The number of nitrogens with zero attached hydrogens (tertiary/aromatic N) is 7. The molecule has 4 aromatic rings. The van der Waals surface area contributed by atoms with Crippen molar-refractivity contribution in [2.75, 3.05) is 24.1 Å². The van der Waals surface area contributed by atoms with Gasteiger partial charge >= 0.3 is 0 Å². The van der Waals surface area contributed by atoms with E-state index in [0.717, 1.165) is 16.9 Å². The third-order valence-electron chi connectivity index (χ3n) is 5.39. The molecule has 0 aliphatic carbocycles. The standard InChI is InChI=1S/C19H22FN9/c1-11(2)27-9-13(20)15(10-27)23-19-24-18(21)17-12(5-7-29(17)26-19)14-3-4-16-22-6-8-28(16)25-14/h3-8,11,13,15H,9-10H2,1-2H3,(H3,21,23,24,26)/t13-,15+/m0/s1. The first kappa shape index (κ1) is 17.8. The Balaban J connectivity index is 1.47. The fourth-order valence-corrected chi connectivity index (χ4v) is 3.80. The number of fused-ring (bicyclic) bond motifs is 2. The van der Waals surface area contributed by atoms with Gasteiger partial charge in [0.15, 0.2) is 11.5 Å². The van der Waals surface area contributed by atoms with Gasteiger partial charge in [-0.3, -0.25) is 4.90 Å². The van der Waals surface area contributed by atoms with Crippen LogP contribution >= 0.6 is 0 Å². The van der Waals surface area contributed by atoms with E-state index in [0.29, 0.717) is 36.4 Å². The Labute approximate surface area is 166 Å². The molecule has 5 rings (SSSR count). The highest BCUT2D eigenvalue weighted by Gasteiger charge is 2.34. The van der Waals surface area contributed by atoms with Crippen molar-refractivity contribution in [1.82, 2.24) is 34.1 Å². The molecular weight excluding hydrogens is 373 g/mol. The van der Waals surface area contributed by atoms with Crippen LogP contribution in [0.25, 0.3) is 22.4 Å². The van der Waals surface area contributed by atoms with E-state index in [1.807, 2.05) is 18.2 Å². The number of likely N-dealkylation sites (tertiary alicyclic amines) is 1. The number of hydrogen-bond donors (Lipinski definition) is 2. The fourth-order valence-electron chi connectivity index (χ4n) is 3.80. The highest BCUT2D eigenvalue weighted by atomic mass is 19.1. The normalized spacial score (nSPS) is 20.3. The lowest BCUT2D eigenvalue weighted by Crippen LogP contribution is -2.32. The number of anilines is 2. The maximum Gasteiger partial charge on any atom is 0.243 e. The number of nitrogens with one attached hydrogen (secondary N) is 1. The molecule has 150 valence electrons. The first-order chi connectivity index (χ1) is 14.0. The van der Waals surface area contributed by atoms with Crippen molar-refractivity contribution in [3.63, 3.8) is 0 Å². The van der Waals surface area contributed by atoms with E-state index in [2.05, 4.69) is 44.2 Å². The molecule has 0 bridgehead atoms. The van der Waals surface area contributed by atoms with E-state index < -0.39 is 6.17 Å². The van der Waals surface area contributed by atoms with Crippen LogP contribution in [0.15, 0.2) is 36.8 Å². The lowest BCUT2D eigenvalue weighted by Gasteiger charge is -2.19. The molecule has 5 heterocycles. The van der Waals surface area contributed by atoms with Gasteiger partial charge in [-0.25, -0.2) is 18.4 Å². The summed E-state index contributed by atoms with van der Waals surface area (Å²) in [5, 5.41) is 12.2.